The van der Waals surface area contributed by atoms with Gasteiger partial charge in [0.15, 0.2) is 0 Å². The molecule has 0 radical (unpaired) electrons. The van der Waals surface area contributed by atoms with Gasteiger partial charge >= 0.3 is 5.97 Å². The fourth-order valence-corrected chi connectivity index (χ4v) is 3.18. The molecule has 0 bridgehead atoms. The molecule has 1 fully saturated rings. The number of carbonyl (C=O) groups is 2. The summed E-state index contributed by atoms with van der Waals surface area (Å²) in [5, 5.41) is 0. The number of fused-ring (bicyclic) bond motifs is 1. The van der Waals surface area contributed by atoms with Gasteiger partial charge in [0.2, 0.25) is 0 Å². The van der Waals surface area contributed by atoms with Gasteiger partial charge < -0.3 is 4.74 Å². The Morgan fingerprint density at radius 3 is 2.88 bits per heavy atom. The maximum Gasteiger partial charge on any atom is 0.305 e. The van der Waals surface area contributed by atoms with E-state index in [4.69, 9.17) is 4.74 Å². The number of ether oxygens (including phenoxy) is 1. The first kappa shape index (κ1) is 12.3. The van der Waals surface area contributed by atoms with Crippen LogP contribution in [0, 0.1) is 17.8 Å². The van der Waals surface area contributed by atoms with Crippen LogP contribution in [0.3, 0.4) is 0 Å². The number of carbonyl (C=O) groups excluding carboxylic acids is 2. The third-order valence-electron chi connectivity index (χ3n) is 4.17. The molecule has 3 atom stereocenters. The third-order valence-corrected chi connectivity index (χ3v) is 4.17. The van der Waals surface area contributed by atoms with E-state index in [9.17, 15) is 9.59 Å². The first-order chi connectivity index (χ1) is 8.11. The molecule has 0 amide bonds. The van der Waals surface area contributed by atoms with Gasteiger partial charge in [-0.25, -0.2) is 0 Å². The van der Waals surface area contributed by atoms with Crippen LogP contribution >= 0.6 is 0 Å². The molecule has 94 valence electrons. The Hall–Kier alpha value is -1.12. The Morgan fingerprint density at radius 1 is 1.41 bits per heavy atom. The smallest absolute Gasteiger partial charge is 0.305 e. The minimum atomic E-state index is -0.153. The first-order valence-corrected chi connectivity index (χ1v) is 6.38. The Labute approximate surface area is 102 Å². The van der Waals surface area contributed by atoms with Crippen LogP contribution < -0.4 is 0 Å². The highest BCUT2D eigenvalue weighted by Crippen LogP contribution is 2.42. The number of ketones is 1. The second-order valence-electron chi connectivity index (χ2n) is 5.28. The Kier molecular flexibility index (Phi) is 3.65. The lowest BCUT2D eigenvalue weighted by molar-refractivity contribution is -0.144. The van der Waals surface area contributed by atoms with Crippen molar-refractivity contribution in [1.29, 1.82) is 0 Å². The van der Waals surface area contributed by atoms with Crippen molar-refractivity contribution in [3.05, 3.63) is 11.6 Å². The van der Waals surface area contributed by atoms with Gasteiger partial charge in [-0.3, -0.25) is 9.59 Å². The van der Waals surface area contributed by atoms with Gasteiger partial charge in [-0.1, -0.05) is 11.6 Å². The first-order valence-electron chi connectivity index (χ1n) is 6.38. The molecule has 2 aliphatic carbocycles. The summed E-state index contributed by atoms with van der Waals surface area (Å²) in [5.41, 5.74) is 1.36. The lowest BCUT2D eigenvalue weighted by Gasteiger charge is -2.38. The lowest BCUT2D eigenvalue weighted by atomic mass is 9.65. The molecule has 17 heavy (non-hydrogen) atoms. The minimum Gasteiger partial charge on any atom is -0.469 e. The van der Waals surface area contributed by atoms with Crippen molar-refractivity contribution in [3.63, 3.8) is 0 Å². The molecule has 1 saturated carbocycles. The van der Waals surface area contributed by atoms with Gasteiger partial charge in [-0.15, -0.1) is 0 Å². The molecule has 0 aromatic heterocycles. The highest BCUT2D eigenvalue weighted by atomic mass is 16.5. The second kappa shape index (κ2) is 5.03. The van der Waals surface area contributed by atoms with Crippen LogP contribution in [0.2, 0.25) is 0 Å². The maximum atomic E-state index is 11.9. The molecule has 0 N–H and O–H groups in total. The fraction of sp³-hybridized carbons (Fsp3) is 0.714. The summed E-state index contributed by atoms with van der Waals surface area (Å²) in [6, 6.07) is 0. The highest BCUT2D eigenvalue weighted by Gasteiger charge is 2.39. The quantitative estimate of drug-likeness (QED) is 0.546. The van der Waals surface area contributed by atoms with E-state index in [1.54, 1.807) is 0 Å². The zero-order valence-electron chi connectivity index (χ0n) is 10.6. The molecule has 2 rings (SSSR count). The van der Waals surface area contributed by atoms with Crippen molar-refractivity contribution < 1.29 is 14.3 Å². The predicted molar refractivity (Wildman–Crippen MR) is 64.3 cm³/mol. The van der Waals surface area contributed by atoms with E-state index in [-0.39, 0.29) is 17.8 Å². The van der Waals surface area contributed by atoms with E-state index in [0.717, 1.165) is 19.3 Å². The van der Waals surface area contributed by atoms with Crippen molar-refractivity contribution in [2.75, 3.05) is 7.11 Å². The molecular formula is C14H20O3. The van der Waals surface area contributed by atoms with E-state index in [0.29, 0.717) is 24.5 Å². The van der Waals surface area contributed by atoms with Gasteiger partial charge in [-0.05, 0) is 38.0 Å². The molecule has 0 aromatic rings. The van der Waals surface area contributed by atoms with Gasteiger partial charge in [0.1, 0.15) is 5.78 Å². The van der Waals surface area contributed by atoms with Crippen LogP contribution in [0.5, 0.6) is 0 Å². The summed E-state index contributed by atoms with van der Waals surface area (Å²) in [7, 11) is 1.43. The van der Waals surface area contributed by atoms with Crippen LogP contribution in [0.4, 0.5) is 0 Å². The highest BCUT2D eigenvalue weighted by molar-refractivity contribution is 5.83. The average Bonchev–Trinajstić information content (AvgIpc) is 2.32. The molecule has 0 aliphatic heterocycles. The van der Waals surface area contributed by atoms with Gasteiger partial charge in [0.25, 0.3) is 0 Å². The van der Waals surface area contributed by atoms with Crippen molar-refractivity contribution in [2.24, 2.45) is 17.8 Å². The van der Waals surface area contributed by atoms with E-state index >= 15 is 0 Å². The van der Waals surface area contributed by atoms with E-state index in [1.165, 1.54) is 12.7 Å². The summed E-state index contributed by atoms with van der Waals surface area (Å²) in [6.45, 7) is 2.12. The summed E-state index contributed by atoms with van der Waals surface area (Å²) in [6.07, 6.45) is 6.13. The number of esters is 1. The molecule has 0 saturated heterocycles. The summed E-state index contributed by atoms with van der Waals surface area (Å²) >= 11 is 0. The van der Waals surface area contributed by atoms with Crippen molar-refractivity contribution in [3.8, 4) is 0 Å². The topological polar surface area (TPSA) is 43.4 Å². The van der Waals surface area contributed by atoms with Crippen molar-refractivity contribution in [1.82, 2.24) is 0 Å². The number of methoxy groups -OCH3 is 1. The third kappa shape index (κ3) is 2.59. The average molecular weight is 236 g/mol. The molecule has 0 heterocycles. The largest absolute Gasteiger partial charge is 0.469 e. The summed E-state index contributed by atoms with van der Waals surface area (Å²) in [4.78, 5) is 23.3. The number of hydrogen-bond donors (Lipinski definition) is 0. The minimum absolute atomic E-state index is 0.153. The lowest BCUT2D eigenvalue weighted by Crippen LogP contribution is -2.37. The number of Topliss-reactive ketones (excluding diaryl/α,β-unsaturated/α-hetero) is 1. The molecule has 3 nitrogen and oxygen atoms in total. The molecule has 2 aliphatic rings. The van der Waals surface area contributed by atoms with Crippen molar-refractivity contribution in [2.45, 2.75) is 39.0 Å². The zero-order valence-corrected chi connectivity index (χ0v) is 10.6. The summed E-state index contributed by atoms with van der Waals surface area (Å²) in [5.74, 6) is 0.950. The molecule has 3 heteroatoms. The maximum absolute atomic E-state index is 11.9. The van der Waals surface area contributed by atoms with E-state index < -0.39 is 0 Å². The van der Waals surface area contributed by atoms with Gasteiger partial charge in [-0.2, -0.15) is 0 Å². The van der Waals surface area contributed by atoms with Crippen molar-refractivity contribution >= 4 is 11.8 Å². The number of allylic oxidation sites excluding steroid dienone is 2. The Morgan fingerprint density at radius 2 is 2.18 bits per heavy atom. The Bertz CT molecular complexity index is 356. The second-order valence-corrected chi connectivity index (χ2v) is 5.28. The summed E-state index contributed by atoms with van der Waals surface area (Å²) < 4.78 is 4.74. The molecule has 0 aromatic carbocycles. The van der Waals surface area contributed by atoms with Gasteiger partial charge in [0, 0.05) is 18.8 Å². The number of rotatable bonds is 2. The monoisotopic (exact) mass is 236 g/mol. The SMILES string of the molecule is COC(=O)C[C@H]1CCC(=O)[C@H]2CCC(C)=C[C@@H]12. The molecule has 0 unspecified atom stereocenters. The standard InChI is InChI=1S/C14H20O3/c1-9-3-5-11-12(7-9)10(4-6-13(11)15)8-14(16)17-2/h7,10-12H,3-6,8H2,1-2H3/t10-,11+,12+/m1/s1. The van der Waals surface area contributed by atoms with Gasteiger partial charge in [0.05, 0.1) is 7.11 Å². The Balaban J connectivity index is 2.14. The normalized spacial score (nSPS) is 32.7. The van der Waals surface area contributed by atoms with E-state index in [1.807, 2.05) is 0 Å². The van der Waals surface area contributed by atoms with Crippen LogP contribution in [0.15, 0.2) is 11.6 Å². The molecular weight excluding hydrogens is 216 g/mol. The van der Waals surface area contributed by atoms with Crippen LogP contribution in [-0.2, 0) is 14.3 Å². The molecule has 0 spiro atoms. The predicted octanol–water partition coefficient (Wildman–Crippen LogP) is 2.50. The van der Waals surface area contributed by atoms with Crippen LogP contribution in [0.25, 0.3) is 0 Å². The van der Waals surface area contributed by atoms with Crippen LogP contribution in [-0.4, -0.2) is 18.9 Å². The van der Waals surface area contributed by atoms with E-state index in [2.05, 4.69) is 13.0 Å². The fourth-order valence-electron chi connectivity index (χ4n) is 3.18. The number of hydrogen-bond acceptors (Lipinski definition) is 3. The van der Waals surface area contributed by atoms with Crippen LogP contribution in [0.1, 0.15) is 39.0 Å². The zero-order chi connectivity index (χ0) is 12.4.